The molecule has 0 radical (unpaired) electrons. The van der Waals surface area contributed by atoms with Crippen molar-refractivity contribution in [2.75, 3.05) is 0 Å². The summed E-state index contributed by atoms with van der Waals surface area (Å²) in [7, 11) is 0. The van der Waals surface area contributed by atoms with Crippen molar-refractivity contribution in [3.8, 4) is 0 Å². The van der Waals surface area contributed by atoms with Crippen molar-refractivity contribution in [3.05, 3.63) is 23.4 Å². The fourth-order valence-electron chi connectivity index (χ4n) is 1.82. The van der Waals surface area contributed by atoms with Gasteiger partial charge in [0.2, 0.25) is 11.8 Å². The molecule has 0 saturated carbocycles. The Morgan fingerprint density at radius 1 is 1.38 bits per heavy atom. The van der Waals surface area contributed by atoms with Gasteiger partial charge in [-0.05, 0) is 19.4 Å². The van der Waals surface area contributed by atoms with Crippen LogP contribution in [0.4, 0.5) is 0 Å². The van der Waals surface area contributed by atoms with Gasteiger partial charge in [0, 0.05) is 19.1 Å². The van der Waals surface area contributed by atoms with Crippen LogP contribution in [0.1, 0.15) is 26.2 Å². The first-order valence-electron chi connectivity index (χ1n) is 5.40. The van der Waals surface area contributed by atoms with E-state index in [0.717, 1.165) is 12.1 Å². The summed E-state index contributed by atoms with van der Waals surface area (Å²) >= 11 is 0. The first-order valence-corrected chi connectivity index (χ1v) is 5.40. The van der Waals surface area contributed by atoms with Crippen molar-refractivity contribution in [2.45, 2.75) is 26.2 Å². The normalized spacial score (nSPS) is 25.7. The standard InChI is InChI=1S/C12H14N2O2/c1-8-2-4-10(13-7-6-8)9-3-5-11(15)14-12(9)16/h2,4,7,9H,3,5-6H2,1H3,(H,14,15,16). The lowest BCUT2D eigenvalue weighted by Crippen LogP contribution is -2.41. The summed E-state index contributed by atoms with van der Waals surface area (Å²) < 4.78 is 0. The Labute approximate surface area is 94.1 Å². The second-order valence-electron chi connectivity index (χ2n) is 4.12. The Morgan fingerprint density at radius 2 is 2.19 bits per heavy atom. The molecule has 1 atom stereocenters. The van der Waals surface area contributed by atoms with E-state index in [4.69, 9.17) is 0 Å². The molecule has 0 aromatic rings. The Bertz CT molecular complexity index is 419. The Kier molecular flexibility index (Phi) is 2.99. The van der Waals surface area contributed by atoms with Gasteiger partial charge in [0.15, 0.2) is 0 Å². The number of nitrogens with zero attached hydrogens (tertiary/aromatic N) is 1. The minimum Gasteiger partial charge on any atom is -0.296 e. The number of aliphatic imine (C=N–C) groups is 1. The highest BCUT2D eigenvalue weighted by atomic mass is 16.2. The number of amides is 2. The number of piperidine rings is 1. The van der Waals surface area contributed by atoms with E-state index in [9.17, 15) is 9.59 Å². The molecule has 2 rings (SSSR count). The average molecular weight is 218 g/mol. The van der Waals surface area contributed by atoms with Gasteiger partial charge in [0.1, 0.15) is 0 Å². The van der Waals surface area contributed by atoms with Crippen molar-refractivity contribution < 1.29 is 9.59 Å². The summed E-state index contributed by atoms with van der Waals surface area (Å²) in [5, 5.41) is 2.34. The molecule has 0 spiro atoms. The zero-order chi connectivity index (χ0) is 11.5. The minimum atomic E-state index is -0.281. The second kappa shape index (κ2) is 4.43. The van der Waals surface area contributed by atoms with Crippen molar-refractivity contribution in [2.24, 2.45) is 10.9 Å². The Hall–Kier alpha value is -1.71. The highest BCUT2D eigenvalue weighted by molar-refractivity contribution is 6.00. The number of nitrogens with one attached hydrogen (secondary N) is 1. The van der Waals surface area contributed by atoms with Gasteiger partial charge in [-0.1, -0.05) is 11.6 Å². The Balaban J connectivity index is 2.19. The number of carbonyl (C=O) groups excluding carboxylic acids is 2. The molecular formula is C12H14N2O2. The monoisotopic (exact) mass is 218 g/mol. The maximum atomic E-state index is 11.6. The van der Waals surface area contributed by atoms with Crippen LogP contribution in [0.3, 0.4) is 0 Å². The van der Waals surface area contributed by atoms with Gasteiger partial charge in [0.25, 0.3) is 0 Å². The number of hydrogen-bond donors (Lipinski definition) is 1. The van der Waals surface area contributed by atoms with Crippen molar-refractivity contribution in [1.82, 2.24) is 5.32 Å². The van der Waals surface area contributed by atoms with Gasteiger partial charge >= 0.3 is 0 Å². The number of rotatable bonds is 1. The highest BCUT2D eigenvalue weighted by Gasteiger charge is 2.29. The van der Waals surface area contributed by atoms with Crippen LogP contribution in [0.5, 0.6) is 0 Å². The highest BCUT2D eigenvalue weighted by Crippen LogP contribution is 2.23. The van der Waals surface area contributed by atoms with Crippen LogP contribution in [-0.4, -0.2) is 18.0 Å². The molecule has 0 aliphatic carbocycles. The van der Waals surface area contributed by atoms with Crippen LogP contribution in [0.2, 0.25) is 0 Å². The van der Waals surface area contributed by atoms with E-state index in [0.29, 0.717) is 12.8 Å². The van der Waals surface area contributed by atoms with E-state index in [2.05, 4.69) is 10.3 Å². The second-order valence-corrected chi connectivity index (χ2v) is 4.12. The summed E-state index contributed by atoms with van der Waals surface area (Å²) in [5.41, 5.74) is 1.97. The summed E-state index contributed by atoms with van der Waals surface area (Å²) in [6, 6.07) is 0. The summed E-state index contributed by atoms with van der Waals surface area (Å²) in [6.45, 7) is 2.02. The van der Waals surface area contributed by atoms with E-state index in [1.165, 1.54) is 5.57 Å². The smallest absolute Gasteiger partial charge is 0.235 e. The summed E-state index contributed by atoms with van der Waals surface area (Å²) in [5.74, 6) is -0.699. The molecule has 2 aliphatic rings. The molecular weight excluding hydrogens is 204 g/mol. The molecule has 1 fully saturated rings. The molecule has 1 N–H and O–H groups in total. The zero-order valence-corrected chi connectivity index (χ0v) is 9.19. The van der Waals surface area contributed by atoms with Crippen LogP contribution in [0, 0.1) is 5.92 Å². The zero-order valence-electron chi connectivity index (χ0n) is 9.19. The van der Waals surface area contributed by atoms with Crippen molar-refractivity contribution in [3.63, 3.8) is 0 Å². The predicted molar refractivity (Wildman–Crippen MR) is 60.8 cm³/mol. The van der Waals surface area contributed by atoms with Crippen LogP contribution in [0.15, 0.2) is 28.4 Å². The van der Waals surface area contributed by atoms with Crippen molar-refractivity contribution in [1.29, 1.82) is 0 Å². The van der Waals surface area contributed by atoms with Crippen LogP contribution < -0.4 is 5.32 Å². The summed E-state index contributed by atoms with van der Waals surface area (Å²) in [6.07, 6.45) is 7.43. The molecule has 16 heavy (non-hydrogen) atoms. The van der Waals surface area contributed by atoms with Crippen LogP contribution >= 0.6 is 0 Å². The quantitative estimate of drug-likeness (QED) is 0.675. The first-order chi connectivity index (χ1) is 7.66. The molecule has 1 saturated heterocycles. The fraction of sp³-hybridized carbons (Fsp3) is 0.417. The van der Waals surface area contributed by atoms with Crippen LogP contribution in [0.25, 0.3) is 0 Å². The third-order valence-electron chi connectivity index (χ3n) is 2.79. The molecule has 0 bridgehead atoms. The molecule has 1 unspecified atom stereocenters. The van der Waals surface area contributed by atoms with Gasteiger partial charge in [-0.25, -0.2) is 0 Å². The lowest BCUT2D eigenvalue weighted by molar-refractivity contribution is -0.135. The lowest BCUT2D eigenvalue weighted by atomic mass is 9.94. The van der Waals surface area contributed by atoms with Gasteiger partial charge in [0.05, 0.1) is 11.6 Å². The maximum absolute atomic E-state index is 11.6. The maximum Gasteiger partial charge on any atom is 0.235 e. The van der Waals surface area contributed by atoms with E-state index in [-0.39, 0.29) is 17.7 Å². The van der Waals surface area contributed by atoms with Crippen LogP contribution in [-0.2, 0) is 9.59 Å². The van der Waals surface area contributed by atoms with E-state index >= 15 is 0 Å². The molecule has 4 heteroatoms. The van der Waals surface area contributed by atoms with Gasteiger partial charge < -0.3 is 0 Å². The number of imide groups is 1. The first kappa shape index (κ1) is 10.8. The van der Waals surface area contributed by atoms with E-state index in [1.807, 2.05) is 25.3 Å². The summed E-state index contributed by atoms with van der Waals surface area (Å²) in [4.78, 5) is 26.9. The third-order valence-corrected chi connectivity index (χ3v) is 2.79. The third kappa shape index (κ3) is 2.27. The molecule has 4 nitrogen and oxygen atoms in total. The van der Waals surface area contributed by atoms with Crippen molar-refractivity contribution >= 4 is 18.0 Å². The molecule has 84 valence electrons. The topological polar surface area (TPSA) is 58.5 Å². The fourth-order valence-corrected chi connectivity index (χ4v) is 1.82. The molecule has 2 heterocycles. The van der Waals surface area contributed by atoms with E-state index < -0.39 is 0 Å². The minimum absolute atomic E-state index is 0.189. The number of carbonyl (C=O) groups is 2. The number of allylic oxidation sites excluding steroid dienone is 3. The number of hydrogen-bond acceptors (Lipinski definition) is 3. The average Bonchev–Trinajstić information content (AvgIpc) is 2.43. The molecule has 0 aromatic heterocycles. The SMILES string of the molecule is CC1=CC=C(C2CCC(=O)NC2=O)N=CC1. The Morgan fingerprint density at radius 3 is 2.94 bits per heavy atom. The lowest BCUT2D eigenvalue weighted by Gasteiger charge is -2.20. The van der Waals surface area contributed by atoms with E-state index in [1.54, 1.807) is 0 Å². The van der Waals surface area contributed by atoms with Gasteiger partial charge in [-0.3, -0.25) is 19.9 Å². The predicted octanol–water partition coefficient (Wildman–Crippen LogP) is 1.34. The van der Waals surface area contributed by atoms with Gasteiger partial charge in [-0.2, -0.15) is 0 Å². The largest absolute Gasteiger partial charge is 0.296 e. The van der Waals surface area contributed by atoms with Gasteiger partial charge in [-0.15, -0.1) is 0 Å². The molecule has 2 amide bonds. The molecule has 0 aromatic carbocycles. The molecule has 2 aliphatic heterocycles.